The molecule has 0 radical (unpaired) electrons. The second-order valence-electron chi connectivity index (χ2n) is 7.70. The topological polar surface area (TPSA) is 77.1 Å². The number of aliphatic hydroxyl groups excluding tert-OH is 1. The van der Waals surface area contributed by atoms with Gasteiger partial charge in [0.05, 0.1) is 11.1 Å². The Morgan fingerprint density at radius 3 is 2.89 bits per heavy atom. The van der Waals surface area contributed by atoms with Gasteiger partial charge >= 0.3 is 0 Å². The number of hydrogen-bond acceptors (Lipinski definition) is 5. The van der Waals surface area contributed by atoms with E-state index in [0.29, 0.717) is 29.7 Å². The standard InChI is InChI=1S/C21H20ClFN2O3/c22-16-3-1-2-13(19(16)23)11-4-6-17-14(8-11)21(10-27-20(24)25-21)15-9-12(26)5-7-18(15)28-17/h1-4,6,8,12,15,18,26H,5,7,9-10H2,(H2,24,25). The lowest BCUT2D eigenvalue weighted by Gasteiger charge is -2.47. The van der Waals surface area contributed by atoms with Crippen molar-refractivity contribution in [3.63, 3.8) is 0 Å². The molecule has 4 unspecified atom stereocenters. The maximum absolute atomic E-state index is 14.6. The van der Waals surface area contributed by atoms with Gasteiger partial charge in [0, 0.05) is 17.0 Å². The van der Waals surface area contributed by atoms with Crippen LogP contribution in [0.5, 0.6) is 5.75 Å². The van der Waals surface area contributed by atoms with E-state index in [2.05, 4.69) is 4.99 Å². The van der Waals surface area contributed by atoms with E-state index < -0.39 is 17.5 Å². The molecule has 5 rings (SSSR count). The number of nitrogens with zero attached hydrogens (tertiary/aromatic N) is 1. The number of aliphatic imine (C=N–C) groups is 1. The van der Waals surface area contributed by atoms with Crippen molar-refractivity contribution in [2.75, 3.05) is 6.61 Å². The van der Waals surface area contributed by atoms with Crippen LogP contribution >= 0.6 is 11.6 Å². The third-order valence-corrected chi connectivity index (χ3v) is 6.40. The van der Waals surface area contributed by atoms with E-state index in [1.807, 2.05) is 18.2 Å². The maximum atomic E-state index is 14.6. The van der Waals surface area contributed by atoms with Gasteiger partial charge in [0.15, 0.2) is 0 Å². The molecule has 2 heterocycles. The third-order valence-electron chi connectivity index (χ3n) is 6.11. The first-order valence-corrected chi connectivity index (χ1v) is 9.77. The quantitative estimate of drug-likeness (QED) is 0.764. The minimum atomic E-state index is -0.741. The molecule has 2 aromatic carbocycles. The molecular formula is C21H20ClFN2O3. The average molecular weight is 403 g/mol. The maximum Gasteiger partial charge on any atom is 0.283 e. The van der Waals surface area contributed by atoms with Crippen molar-refractivity contribution in [1.82, 2.24) is 0 Å². The lowest BCUT2D eigenvalue weighted by molar-refractivity contribution is -0.0359. The Morgan fingerprint density at radius 1 is 1.25 bits per heavy atom. The van der Waals surface area contributed by atoms with E-state index in [0.717, 1.165) is 12.0 Å². The molecule has 1 spiro atoms. The van der Waals surface area contributed by atoms with Crippen LogP contribution in [0.15, 0.2) is 41.4 Å². The van der Waals surface area contributed by atoms with Gasteiger partial charge in [-0.3, -0.25) is 0 Å². The normalized spacial score (nSPS) is 30.8. The number of aliphatic hydroxyl groups is 1. The van der Waals surface area contributed by atoms with E-state index in [9.17, 15) is 9.50 Å². The smallest absolute Gasteiger partial charge is 0.283 e. The van der Waals surface area contributed by atoms with Crippen LogP contribution in [0.3, 0.4) is 0 Å². The number of amidine groups is 1. The highest BCUT2D eigenvalue weighted by molar-refractivity contribution is 6.31. The van der Waals surface area contributed by atoms with Gasteiger partial charge in [-0.1, -0.05) is 29.8 Å². The zero-order chi connectivity index (χ0) is 19.5. The summed E-state index contributed by atoms with van der Waals surface area (Å²) in [6.45, 7) is 0.282. The molecule has 4 atom stereocenters. The highest BCUT2D eigenvalue weighted by atomic mass is 35.5. The van der Waals surface area contributed by atoms with Crippen molar-refractivity contribution in [2.24, 2.45) is 16.6 Å². The van der Waals surface area contributed by atoms with Gasteiger partial charge in [0.2, 0.25) is 0 Å². The van der Waals surface area contributed by atoms with E-state index >= 15 is 0 Å². The Kier molecular flexibility index (Phi) is 4.03. The summed E-state index contributed by atoms with van der Waals surface area (Å²) in [5.41, 5.74) is 7.05. The summed E-state index contributed by atoms with van der Waals surface area (Å²) in [7, 11) is 0. The van der Waals surface area contributed by atoms with Crippen LogP contribution in [0, 0.1) is 11.7 Å². The summed E-state index contributed by atoms with van der Waals surface area (Å²) in [5, 5.41) is 10.3. The molecule has 5 nitrogen and oxygen atoms in total. The molecule has 7 heteroatoms. The molecule has 3 N–H and O–H groups in total. The molecule has 0 amide bonds. The Labute approximate surface area is 166 Å². The van der Waals surface area contributed by atoms with Crippen LogP contribution < -0.4 is 10.5 Å². The summed E-state index contributed by atoms with van der Waals surface area (Å²) in [4.78, 5) is 4.68. The molecular weight excluding hydrogens is 383 g/mol. The van der Waals surface area contributed by atoms with Gasteiger partial charge in [-0.2, -0.15) is 0 Å². The zero-order valence-corrected chi connectivity index (χ0v) is 15.8. The van der Waals surface area contributed by atoms with Gasteiger partial charge in [-0.25, -0.2) is 9.38 Å². The van der Waals surface area contributed by atoms with Crippen LogP contribution in [-0.4, -0.2) is 29.9 Å². The number of fused-ring (bicyclic) bond motifs is 4. The van der Waals surface area contributed by atoms with Crippen molar-refractivity contribution in [3.8, 4) is 16.9 Å². The molecule has 1 fully saturated rings. The van der Waals surface area contributed by atoms with E-state index in [4.69, 9.17) is 26.8 Å². The van der Waals surface area contributed by atoms with E-state index in [-0.39, 0.29) is 29.7 Å². The summed E-state index contributed by atoms with van der Waals surface area (Å²) >= 11 is 5.97. The van der Waals surface area contributed by atoms with Crippen molar-refractivity contribution < 1.29 is 19.0 Å². The molecule has 0 bridgehead atoms. The third kappa shape index (κ3) is 2.58. The number of halogens is 2. The van der Waals surface area contributed by atoms with E-state index in [1.165, 1.54) is 6.07 Å². The Hall–Kier alpha value is -2.31. The molecule has 2 aromatic rings. The first-order chi connectivity index (χ1) is 13.5. The number of nitrogens with two attached hydrogens (primary N) is 1. The van der Waals surface area contributed by atoms with Gasteiger partial charge in [0.25, 0.3) is 6.02 Å². The van der Waals surface area contributed by atoms with Crippen molar-refractivity contribution in [3.05, 3.63) is 52.8 Å². The van der Waals surface area contributed by atoms with Gasteiger partial charge in [0.1, 0.15) is 29.8 Å². The molecule has 3 aliphatic rings. The SMILES string of the molecule is NC1=NC2(CO1)c1cc(-c3cccc(Cl)c3F)ccc1OC1CCC(O)CC12. The summed E-state index contributed by atoms with van der Waals surface area (Å²) in [6, 6.07) is 10.6. The molecule has 0 saturated heterocycles. The van der Waals surface area contributed by atoms with Crippen LogP contribution in [0.25, 0.3) is 11.1 Å². The molecule has 146 valence electrons. The van der Waals surface area contributed by atoms with Crippen LogP contribution in [0.4, 0.5) is 4.39 Å². The van der Waals surface area contributed by atoms with Crippen molar-refractivity contribution in [1.29, 1.82) is 0 Å². The fraction of sp³-hybridized carbons (Fsp3) is 0.381. The Balaban J connectivity index is 1.68. The number of benzene rings is 2. The lowest BCUT2D eigenvalue weighted by atomic mass is 9.67. The highest BCUT2D eigenvalue weighted by Gasteiger charge is 2.55. The first-order valence-electron chi connectivity index (χ1n) is 9.40. The summed E-state index contributed by atoms with van der Waals surface area (Å²) in [6.07, 6.45) is 1.52. The summed E-state index contributed by atoms with van der Waals surface area (Å²) < 4.78 is 26.4. The van der Waals surface area contributed by atoms with Gasteiger partial charge in [-0.15, -0.1) is 0 Å². The average Bonchev–Trinajstić information content (AvgIpc) is 3.07. The van der Waals surface area contributed by atoms with E-state index in [1.54, 1.807) is 12.1 Å². The Morgan fingerprint density at radius 2 is 2.11 bits per heavy atom. The highest BCUT2D eigenvalue weighted by Crippen LogP contribution is 2.53. The second-order valence-corrected chi connectivity index (χ2v) is 8.11. The van der Waals surface area contributed by atoms with Crippen molar-refractivity contribution >= 4 is 17.6 Å². The molecule has 2 aliphatic heterocycles. The fourth-order valence-corrected chi connectivity index (χ4v) is 4.94. The lowest BCUT2D eigenvalue weighted by Crippen LogP contribution is -2.51. The van der Waals surface area contributed by atoms with Gasteiger partial charge in [-0.05, 0) is 43.0 Å². The predicted molar refractivity (Wildman–Crippen MR) is 104 cm³/mol. The largest absolute Gasteiger partial charge is 0.490 e. The van der Waals surface area contributed by atoms with Crippen LogP contribution in [0.1, 0.15) is 24.8 Å². The molecule has 1 aliphatic carbocycles. The number of rotatable bonds is 1. The molecule has 0 aromatic heterocycles. The number of ether oxygens (including phenoxy) is 2. The minimum Gasteiger partial charge on any atom is -0.490 e. The Bertz CT molecular complexity index is 982. The summed E-state index contributed by atoms with van der Waals surface area (Å²) in [5.74, 6) is 0.168. The monoisotopic (exact) mass is 402 g/mol. The molecule has 28 heavy (non-hydrogen) atoms. The van der Waals surface area contributed by atoms with Crippen molar-refractivity contribution in [2.45, 2.75) is 37.0 Å². The fourth-order valence-electron chi connectivity index (χ4n) is 4.77. The van der Waals surface area contributed by atoms with Crippen LogP contribution in [0.2, 0.25) is 5.02 Å². The predicted octanol–water partition coefficient (Wildman–Crippen LogP) is 3.61. The van der Waals surface area contributed by atoms with Gasteiger partial charge < -0.3 is 20.3 Å². The molecule has 1 saturated carbocycles. The number of hydrogen-bond donors (Lipinski definition) is 2. The minimum absolute atomic E-state index is 0.0655. The second kappa shape index (κ2) is 6.36. The van der Waals surface area contributed by atoms with Crippen LogP contribution in [-0.2, 0) is 10.3 Å². The first kappa shape index (κ1) is 17.8. The zero-order valence-electron chi connectivity index (χ0n) is 15.1.